The summed E-state index contributed by atoms with van der Waals surface area (Å²) in [6.07, 6.45) is 2.20. The van der Waals surface area contributed by atoms with Gasteiger partial charge in [-0.1, -0.05) is 24.3 Å². The average Bonchev–Trinajstić information content (AvgIpc) is 3.21. The van der Waals surface area contributed by atoms with Crippen molar-refractivity contribution in [2.24, 2.45) is 0 Å². The molecule has 1 spiro atoms. The Hall–Kier alpha value is -1.20. The van der Waals surface area contributed by atoms with Gasteiger partial charge in [0.15, 0.2) is 0 Å². The molecule has 0 N–H and O–H groups in total. The van der Waals surface area contributed by atoms with E-state index < -0.39 is 0 Å². The van der Waals surface area contributed by atoms with E-state index in [0.717, 1.165) is 52.3 Å². The van der Waals surface area contributed by atoms with E-state index in [1.54, 1.807) is 0 Å². The lowest BCUT2D eigenvalue weighted by molar-refractivity contribution is -0.0798. The molecule has 1 saturated heterocycles. The first kappa shape index (κ1) is 16.3. The van der Waals surface area contributed by atoms with Crippen LogP contribution in [0.25, 0.3) is 0 Å². The first-order valence-corrected chi connectivity index (χ1v) is 9.71. The molecule has 1 aromatic heterocycles. The Morgan fingerprint density at radius 3 is 2.75 bits per heavy atom. The van der Waals surface area contributed by atoms with Crippen LogP contribution in [0, 0.1) is 0 Å². The summed E-state index contributed by atoms with van der Waals surface area (Å²) in [5.41, 5.74) is 2.78. The number of likely N-dealkylation sites (tertiary alicyclic amines) is 1. The zero-order valence-corrected chi connectivity index (χ0v) is 15.1. The van der Waals surface area contributed by atoms with Crippen LogP contribution in [-0.4, -0.2) is 24.6 Å². The first-order chi connectivity index (χ1) is 11.8. The van der Waals surface area contributed by atoms with Crippen LogP contribution < -0.4 is 0 Å². The fourth-order valence-corrected chi connectivity index (χ4v) is 4.88. The highest BCUT2D eigenvalue weighted by Crippen LogP contribution is 2.44. The second kappa shape index (κ2) is 6.96. The van der Waals surface area contributed by atoms with E-state index in [0.29, 0.717) is 0 Å². The topological polar surface area (TPSA) is 21.7 Å². The summed E-state index contributed by atoms with van der Waals surface area (Å²) in [5.74, 6) is 0. The minimum absolute atomic E-state index is 0.0251. The molecule has 0 radical (unpaired) electrons. The first-order valence-electron chi connectivity index (χ1n) is 8.89. The van der Waals surface area contributed by atoms with Crippen molar-refractivity contribution in [2.75, 3.05) is 19.7 Å². The Kier molecular flexibility index (Phi) is 4.72. The van der Waals surface area contributed by atoms with Crippen molar-refractivity contribution in [3.8, 4) is 0 Å². The van der Waals surface area contributed by atoms with Crippen molar-refractivity contribution in [3.05, 3.63) is 57.3 Å². The summed E-state index contributed by atoms with van der Waals surface area (Å²) >= 11 is 1.88. The summed E-state index contributed by atoms with van der Waals surface area (Å²) in [4.78, 5) is 5.33. The van der Waals surface area contributed by atoms with E-state index in [1.165, 1.54) is 20.9 Å². The molecule has 0 amide bonds. The van der Waals surface area contributed by atoms with Crippen LogP contribution in [0.2, 0.25) is 0 Å². The summed E-state index contributed by atoms with van der Waals surface area (Å²) in [7, 11) is 0. The van der Waals surface area contributed by atoms with Gasteiger partial charge in [0, 0.05) is 36.0 Å². The lowest BCUT2D eigenvalue weighted by Gasteiger charge is -2.39. The Bertz CT molecular complexity index is 688. The van der Waals surface area contributed by atoms with Crippen molar-refractivity contribution >= 4 is 11.3 Å². The molecule has 0 aliphatic carbocycles. The van der Waals surface area contributed by atoms with Gasteiger partial charge in [0.25, 0.3) is 0 Å². The lowest BCUT2D eigenvalue weighted by Crippen LogP contribution is -2.41. The van der Waals surface area contributed by atoms with Gasteiger partial charge in [-0.2, -0.15) is 0 Å². The lowest BCUT2D eigenvalue weighted by atomic mass is 9.84. The van der Waals surface area contributed by atoms with Crippen molar-refractivity contribution in [3.63, 3.8) is 0 Å². The number of nitrogens with zero attached hydrogens (tertiary/aromatic N) is 1. The van der Waals surface area contributed by atoms with Crippen LogP contribution in [0.3, 0.4) is 0 Å². The molecule has 0 bridgehead atoms. The van der Waals surface area contributed by atoms with Gasteiger partial charge in [-0.05, 0) is 43.0 Å². The normalized spacial score (nSPS) is 19.7. The van der Waals surface area contributed by atoms with Crippen molar-refractivity contribution in [1.29, 1.82) is 0 Å². The van der Waals surface area contributed by atoms with Crippen LogP contribution in [0.5, 0.6) is 0 Å². The molecular weight excluding hydrogens is 318 g/mol. The second-order valence-electron chi connectivity index (χ2n) is 6.72. The van der Waals surface area contributed by atoms with Crippen LogP contribution in [-0.2, 0) is 34.8 Å². The highest BCUT2D eigenvalue weighted by molar-refractivity contribution is 7.11. The third kappa shape index (κ3) is 3.16. The molecule has 0 saturated carbocycles. The maximum absolute atomic E-state index is 6.26. The maximum Gasteiger partial charge on any atom is 0.0963 e. The van der Waals surface area contributed by atoms with Crippen molar-refractivity contribution < 1.29 is 9.47 Å². The fourth-order valence-electron chi connectivity index (χ4n) is 3.88. The maximum atomic E-state index is 6.26. The van der Waals surface area contributed by atoms with Crippen LogP contribution in [0.4, 0.5) is 0 Å². The third-order valence-corrected chi connectivity index (χ3v) is 6.26. The van der Waals surface area contributed by atoms with Gasteiger partial charge in [0.2, 0.25) is 0 Å². The van der Waals surface area contributed by atoms with E-state index in [4.69, 9.17) is 9.47 Å². The molecule has 4 rings (SSSR count). The molecule has 2 aromatic rings. The number of piperidine rings is 1. The Morgan fingerprint density at radius 1 is 1.12 bits per heavy atom. The minimum atomic E-state index is -0.0251. The van der Waals surface area contributed by atoms with E-state index in [9.17, 15) is 0 Å². The molecule has 4 heteroatoms. The molecule has 128 valence electrons. The van der Waals surface area contributed by atoms with Gasteiger partial charge >= 0.3 is 0 Å². The Morgan fingerprint density at radius 2 is 1.92 bits per heavy atom. The highest BCUT2D eigenvalue weighted by Gasteiger charge is 2.42. The van der Waals surface area contributed by atoms with E-state index in [-0.39, 0.29) is 5.60 Å². The van der Waals surface area contributed by atoms with Crippen LogP contribution >= 0.6 is 11.3 Å². The Balaban J connectivity index is 1.36. The van der Waals surface area contributed by atoms with Gasteiger partial charge in [-0.25, -0.2) is 0 Å². The summed E-state index contributed by atoms with van der Waals surface area (Å²) < 4.78 is 11.8. The summed E-state index contributed by atoms with van der Waals surface area (Å²) in [5, 5.41) is 0. The Labute approximate surface area is 148 Å². The van der Waals surface area contributed by atoms with Gasteiger partial charge in [0.05, 0.1) is 18.8 Å². The predicted octanol–water partition coefficient (Wildman–Crippen LogP) is 4.31. The smallest absolute Gasteiger partial charge is 0.0963 e. The average molecular weight is 343 g/mol. The largest absolute Gasteiger partial charge is 0.376 e. The molecule has 3 heterocycles. The molecular formula is C20H25NO2S. The molecule has 1 fully saturated rings. The monoisotopic (exact) mass is 343 g/mol. The SMILES string of the molecule is CCOCc1ccc(CN2CCC3(CC2)OCc2ccccc23)s1. The predicted molar refractivity (Wildman–Crippen MR) is 97.1 cm³/mol. The highest BCUT2D eigenvalue weighted by atomic mass is 32.1. The van der Waals surface area contributed by atoms with E-state index in [1.807, 2.05) is 18.3 Å². The van der Waals surface area contributed by atoms with E-state index >= 15 is 0 Å². The second-order valence-corrected chi connectivity index (χ2v) is 7.97. The van der Waals surface area contributed by atoms with Gasteiger partial charge in [0.1, 0.15) is 0 Å². The molecule has 3 nitrogen and oxygen atoms in total. The molecule has 0 atom stereocenters. The van der Waals surface area contributed by atoms with E-state index in [2.05, 4.69) is 41.3 Å². The van der Waals surface area contributed by atoms with Crippen molar-refractivity contribution in [2.45, 2.75) is 45.1 Å². The fraction of sp³-hybridized carbons (Fsp3) is 0.500. The number of thiophene rings is 1. The zero-order chi connectivity index (χ0) is 16.4. The minimum Gasteiger partial charge on any atom is -0.376 e. The number of hydrogen-bond donors (Lipinski definition) is 0. The number of ether oxygens (including phenoxy) is 2. The standard InChI is InChI=1S/C20H25NO2S/c1-2-22-15-18-8-7-17(24-18)13-21-11-9-20(10-12-21)19-6-4-3-5-16(19)14-23-20/h3-8H,2,9-15H2,1H3. The number of fused-ring (bicyclic) bond motifs is 2. The molecule has 2 aliphatic rings. The number of hydrogen-bond acceptors (Lipinski definition) is 4. The van der Waals surface area contributed by atoms with Crippen LogP contribution in [0.1, 0.15) is 40.6 Å². The van der Waals surface area contributed by atoms with Crippen molar-refractivity contribution in [1.82, 2.24) is 4.90 Å². The van der Waals surface area contributed by atoms with Gasteiger partial charge in [-0.3, -0.25) is 4.90 Å². The number of benzene rings is 1. The van der Waals surface area contributed by atoms with Gasteiger partial charge in [-0.15, -0.1) is 11.3 Å². The molecule has 0 unspecified atom stereocenters. The molecule has 1 aromatic carbocycles. The zero-order valence-electron chi connectivity index (χ0n) is 14.3. The number of rotatable bonds is 5. The summed E-state index contributed by atoms with van der Waals surface area (Å²) in [6, 6.07) is 13.2. The molecule has 2 aliphatic heterocycles. The van der Waals surface area contributed by atoms with Crippen LogP contribution in [0.15, 0.2) is 36.4 Å². The summed E-state index contributed by atoms with van der Waals surface area (Å²) in [6.45, 7) is 7.61. The third-order valence-electron chi connectivity index (χ3n) is 5.22. The quantitative estimate of drug-likeness (QED) is 0.808. The molecule has 24 heavy (non-hydrogen) atoms. The van der Waals surface area contributed by atoms with Gasteiger partial charge < -0.3 is 9.47 Å².